The standard InChI is InChI=1S/C22H26N2O4/c1-3-15(2)21(26)24-19-6-4-5-17(13-19)14-23-20(25)12-9-16-7-10-18(11-8-16)22(27)28/h4-8,10-11,13,15H,3,9,12,14H2,1-2H3,(H,23,25)(H,24,26)(H,27,28). The van der Waals surface area contributed by atoms with E-state index in [1.807, 2.05) is 38.1 Å². The summed E-state index contributed by atoms with van der Waals surface area (Å²) >= 11 is 0. The molecule has 1 unspecified atom stereocenters. The summed E-state index contributed by atoms with van der Waals surface area (Å²) in [6.45, 7) is 4.23. The average molecular weight is 382 g/mol. The number of aryl methyl sites for hydroxylation is 1. The Morgan fingerprint density at radius 3 is 2.39 bits per heavy atom. The number of amides is 2. The number of benzene rings is 2. The third kappa shape index (κ3) is 6.54. The molecule has 0 aliphatic carbocycles. The lowest BCUT2D eigenvalue weighted by molar-refractivity contribution is -0.121. The van der Waals surface area contributed by atoms with Crippen LogP contribution in [-0.4, -0.2) is 22.9 Å². The molecule has 6 nitrogen and oxygen atoms in total. The van der Waals surface area contributed by atoms with Crippen molar-refractivity contribution in [3.8, 4) is 0 Å². The van der Waals surface area contributed by atoms with Crippen molar-refractivity contribution in [3.05, 3.63) is 65.2 Å². The smallest absolute Gasteiger partial charge is 0.335 e. The zero-order chi connectivity index (χ0) is 20.5. The minimum absolute atomic E-state index is 0.0161. The average Bonchev–Trinajstić information content (AvgIpc) is 2.70. The topological polar surface area (TPSA) is 95.5 Å². The van der Waals surface area contributed by atoms with Crippen molar-refractivity contribution in [1.29, 1.82) is 0 Å². The summed E-state index contributed by atoms with van der Waals surface area (Å²) in [5.41, 5.74) is 2.76. The number of carbonyl (C=O) groups excluding carboxylic acids is 2. The van der Waals surface area contributed by atoms with Crippen molar-refractivity contribution in [2.75, 3.05) is 5.32 Å². The number of carboxylic acids is 1. The minimum Gasteiger partial charge on any atom is -0.478 e. The molecule has 28 heavy (non-hydrogen) atoms. The number of hydrogen-bond acceptors (Lipinski definition) is 3. The van der Waals surface area contributed by atoms with Crippen LogP contribution in [0.5, 0.6) is 0 Å². The van der Waals surface area contributed by atoms with Crippen molar-refractivity contribution in [2.45, 2.75) is 39.7 Å². The van der Waals surface area contributed by atoms with Crippen LogP contribution in [-0.2, 0) is 22.6 Å². The molecule has 2 aromatic rings. The second kappa shape index (κ2) is 10.3. The Bertz CT molecular complexity index is 831. The Kier molecular flexibility index (Phi) is 7.75. The molecule has 0 aromatic heterocycles. The maximum absolute atomic E-state index is 12.1. The van der Waals surface area contributed by atoms with Gasteiger partial charge in [0.15, 0.2) is 0 Å². The molecule has 0 aliphatic heterocycles. The molecule has 2 amide bonds. The molecule has 0 aliphatic rings. The lowest BCUT2D eigenvalue weighted by Crippen LogP contribution is -2.23. The van der Waals surface area contributed by atoms with Crippen LogP contribution in [0.1, 0.15) is 48.2 Å². The quantitative estimate of drug-likeness (QED) is 0.617. The summed E-state index contributed by atoms with van der Waals surface area (Å²) in [4.78, 5) is 34.9. The van der Waals surface area contributed by atoms with E-state index in [0.717, 1.165) is 23.2 Å². The zero-order valence-electron chi connectivity index (χ0n) is 16.2. The van der Waals surface area contributed by atoms with Gasteiger partial charge in [0, 0.05) is 24.6 Å². The zero-order valence-corrected chi connectivity index (χ0v) is 16.2. The van der Waals surface area contributed by atoms with Crippen LogP contribution >= 0.6 is 0 Å². The highest BCUT2D eigenvalue weighted by atomic mass is 16.4. The number of rotatable bonds is 9. The van der Waals surface area contributed by atoms with Gasteiger partial charge in [-0.3, -0.25) is 9.59 Å². The number of nitrogens with one attached hydrogen (secondary N) is 2. The van der Waals surface area contributed by atoms with Gasteiger partial charge in [-0.25, -0.2) is 4.79 Å². The highest BCUT2D eigenvalue weighted by molar-refractivity contribution is 5.92. The van der Waals surface area contributed by atoms with E-state index in [1.165, 1.54) is 12.1 Å². The summed E-state index contributed by atoms with van der Waals surface area (Å²) in [6, 6.07) is 13.9. The molecule has 6 heteroatoms. The van der Waals surface area contributed by atoms with Gasteiger partial charge in [0.2, 0.25) is 11.8 Å². The second-order valence-electron chi connectivity index (χ2n) is 6.78. The van der Waals surface area contributed by atoms with E-state index in [2.05, 4.69) is 10.6 Å². The van der Waals surface area contributed by atoms with Gasteiger partial charge in [-0.1, -0.05) is 38.1 Å². The van der Waals surface area contributed by atoms with Crippen LogP contribution in [0, 0.1) is 5.92 Å². The van der Waals surface area contributed by atoms with Gasteiger partial charge in [-0.05, 0) is 48.2 Å². The van der Waals surface area contributed by atoms with Gasteiger partial charge in [0.05, 0.1) is 5.56 Å². The molecule has 1 atom stereocenters. The molecule has 2 rings (SSSR count). The van der Waals surface area contributed by atoms with Gasteiger partial charge >= 0.3 is 5.97 Å². The number of carbonyl (C=O) groups is 3. The third-order valence-corrected chi connectivity index (χ3v) is 4.59. The van der Waals surface area contributed by atoms with Crippen molar-refractivity contribution < 1.29 is 19.5 Å². The van der Waals surface area contributed by atoms with E-state index in [1.54, 1.807) is 12.1 Å². The van der Waals surface area contributed by atoms with Gasteiger partial charge in [0.1, 0.15) is 0 Å². The summed E-state index contributed by atoms with van der Waals surface area (Å²) < 4.78 is 0. The van der Waals surface area contributed by atoms with E-state index >= 15 is 0 Å². The first-order valence-electron chi connectivity index (χ1n) is 9.37. The van der Waals surface area contributed by atoms with Crippen LogP contribution < -0.4 is 10.6 Å². The maximum atomic E-state index is 12.1. The molecule has 0 spiro atoms. The molecule has 0 bridgehead atoms. The summed E-state index contributed by atoms with van der Waals surface area (Å²) in [5, 5.41) is 14.6. The van der Waals surface area contributed by atoms with Crippen LogP contribution in [0.25, 0.3) is 0 Å². The minimum atomic E-state index is -0.966. The summed E-state index contributed by atoms with van der Waals surface area (Å²) in [6.07, 6.45) is 1.63. The molecular weight excluding hydrogens is 356 g/mol. The Labute approximate surface area is 165 Å². The van der Waals surface area contributed by atoms with Crippen molar-refractivity contribution in [2.24, 2.45) is 5.92 Å². The van der Waals surface area contributed by atoms with Crippen LogP contribution in [0.15, 0.2) is 48.5 Å². The fourth-order valence-electron chi connectivity index (χ4n) is 2.57. The molecule has 3 N–H and O–H groups in total. The van der Waals surface area contributed by atoms with E-state index in [9.17, 15) is 14.4 Å². The SMILES string of the molecule is CCC(C)C(=O)Nc1cccc(CNC(=O)CCc2ccc(C(=O)O)cc2)c1. The largest absolute Gasteiger partial charge is 0.478 e. The molecule has 0 heterocycles. The lowest BCUT2D eigenvalue weighted by Gasteiger charge is -2.11. The highest BCUT2D eigenvalue weighted by Crippen LogP contribution is 2.13. The number of carboxylic acid groups (broad SMARTS) is 1. The molecule has 0 fully saturated rings. The number of anilines is 1. The Morgan fingerprint density at radius 1 is 1.04 bits per heavy atom. The number of hydrogen-bond donors (Lipinski definition) is 3. The van der Waals surface area contributed by atoms with Gasteiger partial charge in [0.25, 0.3) is 0 Å². The second-order valence-corrected chi connectivity index (χ2v) is 6.78. The molecule has 0 saturated carbocycles. The summed E-state index contributed by atoms with van der Waals surface area (Å²) in [7, 11) is 0. The molecule has 0 radical (unpaired) electrons. The van der Waals surface area contributed by atoms with E-state index in [-0.39, 0.29) is 23.3 Å². The van der Waals surface area contributed by atoms with Gasteiger partial charge in [-0.2, -0.15) is 0 Å². The first-order valence-corrected chi connectivity index (χ1v) is 9.37. The van der Waals surface area contributed by atoms with Gasteiger partial charge < -0.3 is 15.7 Å². The van der Waals surface area contributed by atoms with Crippen LogP contribution in [0.3, 0.4) is 0 Å². The fourth-order valence-corrected chi connectivity index (χ4v) is 2.57. The molecule has 2 aromatic carbocycles. The first-order chi connectivity index (χ1) is 13.4. The predicted molar refractivity (Wildman–Crippen MR) is 108 cm³/mol. The summed E-state index contributed by atoms with van der Waals surface area (Å²) in [5.74, 6) is -1.12. The monoisotopic (exact) mass is 382 g/mol. The first kappa shape index (κ1) is 21.2. The lowest BCUT2D eigenvalue weighted by atomic mass is 10.1. The Morgan fingerprint density at radius 2 is 1.75 bits per heavy atom. The molecule has 148 valence electrons. The Balaban J connectivity index is 1.81. The fraction of sp³-hybridized carbons (Fsp3) is 0.318. The highest BCUT2D eigenvalue weighted by Gasteiger charge is 2.11. The van der Waals surface area contributed by atoms with E-state index in [4.69, 9.17) is 5.11 Å². The van der Waals surface area contributed by atoms with Crippen LogP contribution in [0.2, 0.25) is 0 Å². The number of aromatic carboxylic acids is 1. The van der Waals surface area contributed by atoms with Crippen molar-refractivity contribution in [1.82, 2.24) is 5.32 Å². The molecule has 0 saturated heterocycles. The van der Waals surface area contributed by atoms with E-state index < -0.39 is 5.97 Å². The van der Waals surface area contributed by atoms with Crippen LogP contribution in [0.4, 0.5) is 5.69 Å². The van der Waals surface area contributed by atoms with E-state index in [0.29, 0.717) is 19.4 Å². The van der Waals surface area contributed by atoms with Gasteiger partial charge in [-0.15, -0.1) is 0 Å². The molecular formula is C22H26N2O4. The third-order valence-electron chi connectivity index (χ3n) is 4.59. The van der Waals surface area contributed by atoms with Crippen molar-refractivity contribution >= 4 is 23.5 Å². The maximum Gasteiger partial charge on any atom is 0.335 e. The van der Waals surface area contributed by atoms with Crippen molar-refractivity contribution in [3.63, 3.8) is 0 Å². The predicted octanol–water partition coefficient (Wildman–Crippen LogP) is 3.62. The Hall–Kier alpha value is -3.15. The normalized spacial score (nSPS) is 11.5.